The van der Waals surface area contributed by atoms with Crippen LogP contribution < -0.4 is 16.0 Å². The molecule has 0 aromatic carbocycles. The van der Waals surface area contributed by atoms with Crippen LogP contribution in [0.25, 0.3) is 0 Å². The van der Waals surface area contributed by atoms with E-state index in [1.54, 1.807) is 0 Å². The average molecular weight is 256 g/mol. The molecule has 0 saturated carbocycles. The van der Waals surface area contributed by atoms with Gasteiger partial charge in [-0.1, -0.05) is 0 Å². The topological polar surface area (TPSA) is 70.2 Å². The van der Waals surface area contributed by atoms with Crippen LogP contribution in [0.3, 0.4) is 0 Å². The highest BCUT2D eigenvalue weighted by molar-refractivity contribution is 6.07. The van der Waals surface area contributed by atoms with Crippen LogP contribution in [0.2, 0.25) is 0 Å². The van der Waals surface area contributed by atoms with Crippen molar-refractivity contribution in [2.45, 2.75) is 24.3 Å². The van der Waals surface area contributed by atoms with Gasteiger partial charge in [0.25, 0.3) is 11.8 Å². The maximum absolute atomic E-state index is 13.7. The number of amides is 3. The van der Waals surface area contributed by atoms with Crippen molar-refractivity contribution in [3.8, 4) is 0 Å². The van der Waals surface area contributed by atoms with Gasteiger partial charge in [-0.3, -0.25) is 10.1 Å². The molecule has 2 heterocycles. The SMILES string of the molecule is Cl.O=C1NC(=O)C2(CCNCCC2(F)F)N1. The molecule has 1 atom stereocenters. The summed E-state index contributed by atoms with van der Waals surface area (Å²) in [5, 5.41) is 6.70. The van der Waals surface area contributed by atoms with Crippen LogP contribution in [-0.2, 0) is 4.79 Å². The summed E-state index contributed by atoms with van der Waals surface area (Å²) in [4.78, 5) is 22.4. The minimum Gasteiger partial charge on any atom is -0.318 e. The van der Waals surface area contributed by atoms with Crippen LogP contribution >= 0.6 is 12.4 Å². The smallest absolute Gasteiger partial charge is 0.318 e. The minimum absolute atomic E-state index is 0. The predicted octanol–water partition coefficient (Wildman–Crippen LogP) is 0.00510. The Kier molecular flexibility index (Phi) is 3.39. The fourth-order valence-electron chi connectivity index (χ4n) is 1.97. The lowest BCUT2D eigenvalue weighted by Gasteiger charge is -2.32. The summed E-state index contributed by atoms with van der Waals surface area (Å²) in [6, 6.07) is -0.846. The molecule has 8 heteroatoms. The number of carbonyl (C=O) groups excluding carboxylic acids is 2. The van der Waals surface area contributed by atoms with Gasteiger partial charge in [0, 0.05) is 13.0 Å². The zero-order valence-corrected chi connectivity index (χ0v) is 9.13. The van der Waals surface area contributed by atoms with Crippen molar-refractivity contribution in [3.63, 3.8) is 0 Å². The maximum Gasteiger partial charge on any atom is 0.322 e. The molecule has 1 spiro atoms. The first-order chi connectivity index (χ1) is 6.98. The normalized spacial score (nSPS) is 32.6. The van der Waals surface area contributed by atoms with Crippen molar-refractivity contribution in [1.29, 1.82) is 0 Å². The second-order valence-electron chi connectivity index (χ2n) is 3.77. The third-order valence-corrected chi connectivity index (χ3v) is 2.86. The lowest BCUT2D eigenvalue weighted by atomic mass is 9.87. The van der Waals surface area contributed by atoms with Crippen LogP contribution in [0.5, 0.6) is 0 Å². The van der Waals surface area contributed by atoms with Gasteiger partial charge in [-0.25, -0.2) is 13.6 Å². The lowest BCUT2D eigenvalue weighted by Crippen LogP contribution is -2.60. The molecule has 2 saturated heterocycles. The lowest BCUT2D eigenvalue weighted by molar-refractivity contribution is -0.142. The van der Waals surface area contributed by atoms with E-state index in [2.05, 4.69) is 10.6 Å². The Hall–Kier alpha value is -0.950. The molecule has 0 bridgehead atoms. The summed E-state index contributed by atoms with van der Waals surface area (Å²) in [5.41, 5.74) is -2.06. The molecule has 92 valence electrons. The van der Waals surface area contributed by atoms with Crippen LogP contribution in [0.15, 0.2) is 0 Å². The summed E-state index contributed by atoms with van der Waals surface area (Å²) in [6.45, 7) is 0.418. The molecule has 0 aromatic rings. The van der Waals surface area contributed by atoms with Crippen molar-refractivity contribution in [3.05, 3.63) is 0 Å². The number of carbonyl (C=O) groups is 2. The Morgan fingerprint density at radius 3 is 2.31 bits per heavy atom. The first kappa shape index (κ1) is 13.1. The second-order valence-corrected chi connectivity index (χ2v) is 3.77. The molecule has 2 aliphatic rings. The molecular weight excluding hydrogens is 244 g/mol. The molecule has 2 rings (SSSR count). The highest BCUT2D eigenvalue weighted by atomic mass is 35.5. The van der Waals surface area contributed by atoms with Crippen LogP contribution in [0, 0.1) is 0 Å². The van der Waals surface area contributed by atoms with E-state index in [9.17, 15) is 18.4 Å². The predicted molar refractivity (Wildman–Crippen MR) is 53.7 cm³/mol. The quantitative estimate of drug-likeness (QED) is 0.534. The maximum atomic E-state index is 13.7. The molecule has 0 aliphatic carbocycles. The summed E-state index contributed by atoms with van der Waals surface area (Å²) >= 11 is 0. The number of hydrogen-bond donors (Lipinski definition) is 3. The summed E-state index contributed by atoms with van der Waals surface area (Å²) in [7, 11) is 0. The minimum atomic E-state index is -3.22. The van der Waals surface area contributed by atoms with Gasteiger partial charge in [0.15, 0.2) is 5.54 Å². The largest absolute Gasteiger partial charge is 0.322 e. The molecule has 2 fully saturated rings. The van der Waals surface area contributed by atoms with E-state index in [1.165, 1.54) is 0 Å². The number of urea groups is 1. The molecule has 5 nitrogen and oxygen atoms in total. The van der Waals surface area contributed by atoms with E-state index >= 15 is 0 Å². The van der Waals surface area contributed by atoms with Crippen molar-refractivity contribution < 1.29 is 18.4 Å². The van der Waals surface area contributed by atoms with Crippen molar-refractivity contribution in [2.75, 3.05) is 13.1 Å². The molecule has 2 aliphatic heterocycles. The number of hydrogen-bond acceptors (Lipinski definition) is 3. The van der Waals surface area contributed by atoms with Crippen molar-refractivity contribution in [2.24, 2.45) is 0 Å². The Morgan fingerprint density at radius 2 is 1.75 bits per heavy atom. The zero-order chi connectivity index (χ0) is 11.1. The number of halogens is 3. The number of rotatable bonds is 0. The van der Waals surface area contributed by atoms with Gasteiger partial charge < -0.3 is 10.6 Å². The van der Waals surface area contributed by atoms with Gasteiger partial charge in [0.05, 0.1) is 0 Å². The van der Waals surface area contributed by atoms with Crippen LogP contribution in [0.1, 0.15) is 12.8 Å². The van der Waals surface area contributed by atoms with E-state index < -0.39 is 29.8 Å². The van der Waals surface area contributed by atoms with Crippen LogP contribution in [0.4, 0.5) is 13.6 Å². The summed E-state index contributed by atoms with van der Waals surface area (Å²) in [6.07, 6.45) is -0.557. The summed E-state index contributed by atoms with van der Waals surface area (Å²) in [5.74, 6) is -4.14. The fraction of sp³-hybridized carbons (Fsp3) is 0.750. The zero-order valence-electron chi connectivity index (χ0n) is 8.31. The van der Waals surface area contributed by atoms with Gasteiger partial charge in [0.2, 0.25) is 0 Å². The number of imide groups is 1. The summed E-state index contributed by atoms with van der Waals surface area (Å²) < 4.78 is 27.5. The first-order valence-corrected chi connectivity index (χ1v) is 4.70. The van der Waals surface area contributed by atoms with Gasteiger partial charge >= 0.3 is 6.03 Å². The van der Waals surface area contributed by atoms with Gasteiger partial charge in [-0.15, -0.1) is 12.4 Å². The third-order valence-electron chi connectivity index (χ3n) is 2.86. The molecule has 0 radical (unpaired) electrons. The second kappa shape index (κ2) is 4.14. The van der Waals surface area contributed by atoms with Crippen molar-refractivity contribution >= 4 is 24.3 Å². The molecule has 1 unspecified atom stereocenters. The van der Waals surface area contributed by atoms with E-state index in [-0.39, 0.29) is 31.9 Å². The first-order valence-electron chi connectivity index (χ1n) is 4.70. The highest BCUT2D eigenvalue weighted by Gasteiger charge is 2.63. The fourth-order valence-corrected chi connectivity index (χ4v) is 1.97. The highest BCUT2D eigenvalue weighted by Crippen LogP contribution is 2.37. The molecule has 3 N–H and O–H groups in total. The Labute approximate surface area is 96.7 Å². The Morgan fingerprint density at radius 1 is 1.12 bits per heavy atom. The van der Waals surface area contributed by atoms with E-state index in [4.69, 9.17) is 0 Å². The van der Waals surface area contributed by atoms with E-state index in [0.29, 0.717) is 0 Å². The average Bonchev–Trinajstić information content (AvgIpc) is 2.32. The molecule has 0 aromatic heterocycles. The molecule has 16 heavy (non-hydrogen) atoms. The monoisotopic (exact) mass is 255 g/mol. The van der Waals surface area contributed by atoms with Gasteiger partial charge in [-0.05, 0) is 13.0 Å². The standard InChI is InChI=1S/C8H11F2N3O2.ClH/c9-8(10)2-4-11-3-1-7(8)5(14)12-6(15)13-7;/h11H,1-4H2,(H2,12,13,14,15);1H. The molecular formula is C8H12ClF2N3O2. The van der Waals surface area contributed by atoms with E-state index in [1.807, 2.05) is 5.32 Å². The third kappa shape index (κ3) is 1.73. The van der Waals surface area contributed by atoms with E-state index in [0.717, 1.165) is 0 Å². The number of alkyl halides is 2. The van der Waals surface area contributed by atoms with Gasteiger partial charge in [-0.2, -0.15) is 0 Å². The van der Waals surface area contributed by atoms with Gasteiger partial charge in [0.1, 0.15) is 0 Å². The molecule has 3 amide bonds. The van der Waals surface area contributed by atoms with Crippen molar-refractivity contribution in [1.82, 2.24) is 16.0 Å². The Bertz CT molecular complexity index is 326. The Balaban J connectivity index is 0.00000128. The van der Waals surface area contributed by atoms with Crippen LogP contribution in [-0.4, -0.2) is 36.5 Å². The number of nitrogens with one attached hydrogen (secondary N) is 3.